The average molecular weight is 407 g/mol. The summed E-state index contributed by atoms with van der Waals surface area (Å²) in [7, 11) is 3.83. The third-order valence-corrected chi connectivity index (χ3v) is 6.13. The van der Waals surface area contributed by atoms with Gasteiger partial charge in [0.1, 0.15) is 5.75 Å². The summed E-state index contributed by atoms with van der Waals surface area (Å²) in [6, 6.07) is 16.5. The molecule has 0 radical (unpaired) electrons. The Morgan fingerprint density at radius 2 is 1.70 bits per heavy atom. The van der Waals surface area contributed by atoms with E-state index >= 15 is 0 Å². The molecule has 0 heterocycles. The minimum absolute atomic E-state index is 0. The van der Waals surface area contributed by atoms with Crippen LogP contribution in [0.3, 0.4) is 0 Å². The van der Waals surface area contributed by atoms with Crippen LogP contribution in [0.25, 0.3) is 11.1 Å². The van der Waals surface area contributed by atoms with Gasteiger partial charge in [-0.2, -0.15) is 0 Å². The highest BCUT2D eigenvalue weighted by Gasteiger charge is 2.19. The highest BCUT2D eigenvalue weighted by Crippen LogP contribution is 2.29. The molecular formula is C22H31ClN2OS. The third-order valence-electron chi connectivity index (χ3n) is 5.40. The van der Waals surface area contributed by atoms with E-state index in [9.17, 15) is 0 Å². The first-order chi connectivity index (χ1) is 12.7. The second-order valence-corrected chi connectivity index (χ2v) is 7.86. The maximum Gasteiger partial charge on any atom is 0.123 e. The van der Waals surface area contributed by atoms with Crippen LogP contribution in [0.15, 0.2) is 47.4 Å². The monoisotopic (exact) mass is 406 g/mol. The number of benzene rings is 2. The van der Waals surface area contributed by atoms with Crippen molar-refractivity contribution in [2.75, 3.05) is 20.4 Å². The van der Waals surface area contributed by atoms with Gasteiger partial charge in [-0.15, -0.1) is 24.2 Å². The van der Waals surface area contributed by atoms with Crippen LogP contribution in [-0.2, 0) is 6.54 Å². The van der Waals surface area contributed by atoms with Gasteiger partial charge < -0.3 is 15.4 Å². The molecule has 0 amide bonds. The lowest BCUT2D eigenvalue weighted by Gasteiger charge is -2.29. The number of halogens is 1. The van der Waals surface area contributed by atoms with E-state index in [0.29, 0.717) is 12.1 Å². The van der Waals surface area contributed by atoms with Gasteiger partial charge in [0.25, 0.3) is 0 Å². The van der Waals surface area contributed by atoms with E-state index < -0.39 is 0 Å². The molecule has 5 heteroatoms. The van der Waals surface area contributed by atoms with Crippen LogP contribution in [0, 0.1) is 0 Å². The highest BCUT2D eigenvalue weighted by atomic mass is 35.5. The molecule has 1 aliphatic rings. The Bertz CT molecular complexity index is 717. The van der Waals surface area contributed by atoms with Gasteiger partial charge in [-0.25, -0.2) is 0 Å². The maximum atomic E-state index is 5.60. The fourth-order valence-electron chi connectivity index (χ4n) is 3.74. The van der Waals surface area contributed by atoms with Gasteiger partial charge in [0, 0.05) is 29.1 Å². The summed E-state index contributed by atoms with van der Waals surface area (Å²) in [6.45, 7) is 0.855. The van der Waals surface area contributed by atoms with Crippen LogP contribution in [0.1, 0.15) is 31.2 Å². The lowest BCUT2D eigenvalue weighted by molar-refractivity contribution is 0.315. The Hall–Kier alpha value is -1.20. The van der Waals surface area contributed by atoms with E-state index in [4.69, 9.17) is 4.74 Å². The zero-order chi connectivity index (χ0) is 18.4. The molecule has 0 unspecified atom stereocenters. The molecule has 0 saturated heterocycles. The molecule has 1 saturated carbocycles. The summed E-state index contributed by atoms with van der Waals surface area (Å²) >= 11 is 1.78. The number of rotatable bonds is 7. The largest absolute Gasteiger partial charge is 0.496 e. The number of hydrogen-bond donors (Lipinski definition) is 2. The zero-order valence-electron chi connectivity index (χ0n) is 16.5. The maximum absolute atomic E-state index is 5.60. The number of methoxy groups -OCH3 is 1. The van der Waals surface area contributed by atoms with Crippen molar-refractivity contribution in [1.82, 2.24) is 10.6 Å². The Balaban J connectivity index is 0.00000261. The third kappa shape index (κ3) is 5.89. The van der Waals surface area contributed by atoms with Crippen molar-refractivity contribution in [2.45, 2.75) is 49.2 Å². The van der Waals surface area contributed by atoms with Gasteiger partial charge in [-0.05, 0) is 74.4 Å². The second-order valence-electron chi connectivity index (χ2n) is 6.98. The number of thioether (sulfide) groups is 1. The van der Waals surface area contributed by atoms with Crippen LogP contribution in [-0.4, -0.2) is 32.5 Å². The van der Waals surface area contributed by atoms with Crippen molar-refractivity contribution in [1.29, 1.82) is 0 Å². The van der Waals surface area contributed by atoms with Gasteiger partial charge in [0.05, 0.1) is 7.11 Å². The molecule has 2 aromatic rings. The van der Waals surface area contributed by atoms with Crippen molar-refractivity contribution in [3.05, 3.63) is 48.0 Å². The van der Waals surface area contributed by atoms with Crippen LogP contribution >= 0.6 is 24.2 Å². The minimum Gasteiger partial charge on any atom is -0.496 e. The van der Waals surface area contributed by atoms with E-state index in [2.05, 4.69) is 66.4 Å². The minimum atomic E-state index is 0. The standard InChI is InChI=1S/C22H30N2OS.ClH/c1-23-19-8-10-20(11-9-19)24-15-18-13-17(7-12-22(18)25-2)16-5-4-6-21(14-16)26-3;/h4-7,12-14,19-20,23-24H,8-11,15H2,1-3H3;1H. The van der Waals surface area contributed by atoms with Crippen LogP contribution in [0.5, 0.6) is 5.75 Å². The SMILES string of the molecule is CNC1CCC(NCc2cc(-c3cccc(SC)c3)ccc2OC)CC1.Cl. The summed E-state index contributed by atoms with van der Waals surface area (Å²) < 4.78 is 5.60. The first-order valence-electron chi connectivity index (χ1n) is 9.45. The lowest BCUT2D eigenvalue weighted by atomic mass is 9.91. The van der Waals surface area contributed by atoms with Crippen molar-refractivity contribution >= 4 is 24.2 Å². The lowest BCUT2D eigenvalue weighted by Crippen LogP contribution is -2.38. The highest BCUT2D eigenvalue weighted by molar-refractivity contribution is 7.98. The molecule has 0 aromatic heterocycles. The van der Waals surface area contributed by atoms with Crippen molar-refractivity contribution in [2.24, 2.45) is 0 Å². The normalized spacial score (nSPS) is 19.4. The molecule has 0 spiro atoms. The molecule has 2 N–H and O–H groups in total. The summed E-state index contributed by atoms with van der Waals surface area (Å²) in [5.74, 6) is 0.964. The second kappa shape index (κ2) is 11.0. The van der Waals surface area contributed by atoms with Crippen molar-refractivity contribution in [3.8, 4) is 16.9 Å². The fourth-order valence-corrected chi connectivity index (χ4v) is 4.20. The predicted molar refractivity (Wildman–Crippen MR) is 119 cm³/mol. The summed E-state index contributed by atoms with van der Waals surface area (Å²) in [6.07, 6.45) is 7.11. The van der Waals surface area contributed by atoms with Crippen molar-refractivity contribution < 1.29 is 4.74 Å². The molecule has 2 aromatic carbocycles. The number of nitrogens with one attached hydrogen (secondary N) is 2. The fraction of sp³-hybridized carbons (Fsp3) is 0.455. The molecule has 1 fully saturated rings. The van der Waals surface area contributed by atoms with Crippen molar-refractivity contribution in [3.63, 3.8) is 0 Å². The molecular weight excluding hydrogens is 376 g/mol. The first kappa shape index (κ1) is 22.1. The molecule has 0 atom stereocenters. The van der Waals surface area contributed by atoms with Gasteiger partial charge in [-0.1, -0.05) is 18.2 Å². The molecule has 1 aliphatic carbocycles. The van der Waals surface area contributed by atoms with Crippen LogP contribution in [0.4, 0.5) is 0 Å². The Morgan fingerprint density at radius 3 is 2.37 bits per heavy atom. The van der Waals surface area contributed by atoms with E-state index in [1.807, 2.05) is 0 Å². The van der Waals surface area contributed by atoms with E-state index in [-0.39, 0.29) is 12.4 Å². The Kier molecular flexibility index (Phi) is 8.97. The molecule has 3 rings (SSSR count). The Labute approximate surface area is 174 Å². The van der Waals surface area contributed by atoms with Crippen LogP contribution < -0.4 is 15.4 Å². The summed E-state index contributed by atoms with van der Waals surface area (Å²) in [5, 5.41) is 7.15. The smallest absolute Gasteiger partial charge is 0.123 e. The molecule has 0 bridgehead atoms. The summed E-state index contributed by atoms with van der Waals surface area (Å²) in [4.78, 5) is 1.29. The van der Waals surface area contributed by atoms with E-state index in [1.165, 1.54) is 47.3 Å². The quantitative estimate of drug-likeness (QED) is 0.625. The van der Waals surface area contributed by atoms with Crippen LogP contribution in [0.2, 0.25) is 0 Å². The predicted octanol–water partition coefficient (Wildman–Crippen LogP) is 5.13. The average Bonchev–Trinajstić information content (AvgIpc) is 2.72. The van der Waals surface area contributed by atoms with E-state index in [1.54, 1.807) is 18.9 Å². The topological polar surface area (TPSA) is 33.3 Å². The van der Waals surface area contributed by atoms with E-state index in [0.717, 1.165) is 12.3 Å². The van der Waals surface area contributed by atoms with Gasteiger partial charge in [0.2, 0.25) is 0 Å². The number of ether oxygens (including phenoxy) is 1. The van der Waals surface area contributed by atoms with Gasteiger partial charge in [0.15, 0.2) is 0 Å². The molecule has 3 nitrogen and oxygen atoms in total. The number of hydrogen-bond acceptors (Lipinski definition) is 4. The van der Waals surface area contributed by atoms with Gasteiger partial charge in [-0.3, -0.25) is 0 Å². The Morgan fingerprint density at radius 1 is 1.00 bits per heavy atom. The zero-order valence-corrected chi connectivity index (χ0v) is 18.1. The summed E-state index contributed by atoms with van der Waals surface area (Å²) in [5.41, 5.74) is 3.74. The first-order valence-corrected chi connectivity index (χ1v) is 10.7. The molecule has 148 valence electrons. The van der Waals surface area contributed by atoms with Gasteiger partial charge >= 0.3 is 0 Å². The molecule has 27 heavy (non-hydrogen) atoms. The molecule has 0 aliphatic heterocycles.